The molecule has 3 heteroatoms. The number of benzene rings is 1. The summed E-state index contributed by atoms with van der Waals surface area (Å²) in [5.41, 5.74) is 1.18. The van der Waals surface area contributed by atoms with Gasteiger partial charge in [-0.3, -0.25) is 4.79 Å². The second kappa shape index (κ2) is 7.04. The highest BCUT2D eigenvalue weighted by molar-refractivity contribution is 5.81. The summed E-state index contributed by atoms with van der Waals surface area (Å²) in [5.74, 6) is 1.16. The van der Waals surface area contributed by atoms with E-state index in [9.17, 15) is 4.79 Å². The van der Waals surface area contributed by atoms with Gasteiger partial charge in [0.05, 0.1) is 0 Å². The van der Waals surface area contributed by atoms with Gasteiger partial charge < -0.3 is 10.1 Å². The monoisotopic (exact) mass is 249 g/mol. The first-order chi connectivity index (χ1) is 8.52. The highest BCUT2D eigenvalue weighted by Crippen LogP contribution is 2.14. The number of hydrogen-bond acceptors (Lipinski definition) is 2. The van der Waals surface area contributed by atoms with Crippen molar-refractivity contribution in [2.45, 2.75) is 40.2 Å². The molecule has 0 saturated heterocycles. The zero-order valence-corrected chi connectivity index (χ0v) is 11.7. The standard InChI is InChI=1S/C15H23NO2/c1-5-14(15(17)16-10-11(2)3)18-13-8-6-12(4)7-9-13/h6-9,11,14H,5,10H2,1-4H3,(H,16,17)/t14-/m1/s1. The van der Waals surface area contributed by atoms with E-state index in [0.717, 1.165) is 5.75 Å². The Morgan fingerprint density at radius 2 is 1.89 bits per heavy atom. The van der Waals surface area contributed by atoms with Gasteiger partial charge in [0.2, 0.25) is 0 Å². The Morgan fingerprint density at radius 3 is 2.39 bits per heavy atom. The molecule has 3 nitrogen and oxygen atoms in total. The van der Waals surface area contributed by atoms with Gasteiger partial charge in [-0.25, -0.2) is 0 Å². The number of rotatable bonds is 6. The molecular weight excluding hydrogens is 226 g/mol. The van der Waals surface area contributed by atoms with Crippen LogP contribution in [0.3, 0.4) is 0 Å². The Balaban J connectivity index is 2.55. The van der Waals surface area contributed by atoms with Crippen molar-refractivity contribution in [3.8, 4) is 5.75 Å². The third kappa shape index (κ3) is 4.78. The van der Waals surface area contributed by atoms with Gasteiger partial charge in [0.15, 0.2) is 6.10 Å². The van der Waals surface area contributed by atoms with Crippen LogP contribution in [0.4, 0.5) is 0 Å². The minimum atomic E-state index is -0.411. The van der Waals surface area contributed by atoms with E-state index < -0.39 is 6.10 Å². The average Bonchev–Trinajstić information content (AvgIpc) is 2.35. The van der Waals surface area contributed by atoms with E-state index in [1.54, 1.807) is 0 Å². The molecule has 0 aromatic heterocycles. The highest BCUT2D eigenvalue weighted by atomic mass is 16.5. The summed E-state index contributed by atoms with van der Waals surface area (Å²) < 4.78 is 5.70. The molecule has 100 valence electrons. The molecule has 0 bridgehead atoms. The van der Waals surface area contributed by atoms with Crippen LogP contribution in [0, 0.1) is 12.8 Å². The summed E-state index contributed by atoms with van der Waals surface area (Å²) in [4.78, 5) is 11.9. The van der Waals surface area contributed by atoms with E-state index in [-0.39, 0.29) is 5.91 Å². The van der Waals surface area contributed by atoms with E-state index in [1.807, 2.05) is 38.1 Å². The van der Waals surface area contributed by atoms with Crippen LogP contribution >= 0.6 is 0 Å². The molecule has 1 atom stereocenters. The predicted molar refractivity (Wildman–Crippen MR) is 73.7 cm³/mol. The molecule has 0 saturated carbocycles. The molecule has 1 amide bonds. The smallest absolute Gasteiger partial charge is 0.261 e. The minimum Gasteiger partial charge on any atom is -0.481 e. The van der Waals surface area contributed by atoms with Crippen LogP contribution in [0.15, 0.2) is 24.3 Å². The Kier molecular flexibility index (Phi) is 5.69. The first-order valence-corrected chi connectivity index (χ1v) is 6.54. The molecular formula is C15H23NO2. The van der Waals surface area contributed by atoms with Gasteiger partial charge in [-0.15, -0.1) is 0 Å². The van der Waals surface area contributed by atoms with E-state index in [2.05, 4.69) is 19.2 Å². The molecule has 0 aliphatic rings. The Bertz CT molecular complexity index is 371. The van der Waals surface area contributed by atoms with E-state index in [0.29, 0.717) is 18.9 Å². The van der Waals surface area contributed by atoms with Crippen LogP contribution in [0.2, 0.25) is 0 Å². The molecule has 1 rings (SSSR count). The summed E-state index contributed by atoms with van der Waals surface area (Å²) in [6.07, 6.45) is 0.254. The fourth-order valence-electron chi connectivity index (χ4n) is 1.52. The lowest BCUT2D eigenvalue weighted by Gasteiger charge is -2.18. The summed E-state index contributed by atoms with van der Waals surface area (Å²) in [6, 6.07) is 7.75. The van der Waals surface area contributed by atoms with Crippen LogP contribution in [-0.4, -0.2) is 18.6 Å². The van der Waals surface area contributed by atoms with Crippen LogP contribution in [0.5, 0.6) is 5.75 Å². The summed E-state index contributed by atoms with van der Waals surface area (Å²) in [6.45, 7) is 8.81. The van der Waals surface area contributed by atoms with Crippen molar-refractivity contribution in [1.82, 2.24) is 5.32 Å². The molecule has 0 aliphatic heterocycles. The second-order valence-electron chi connectivity index (χ2n) is 4.97. The van der Waals surface area contributed by atoms with Gasteiger partial charge in [-0.1, -0.05) is 38.5 Å². The summed E-state index contributed by atoms with van der Waals surface area (Å²) in [7, 11) is 0. The molecule has 18 heavy (non-hydrogen) atoms. The maximum atomic E-state index is 11.9. The summed E-state index contributed by atoms with van der Waals surface area (Å²) >= 11 is 0. The number of carbonyl (C=O) groups is 1. The number of ether oxygens (including phenoxy) is 1. The maximum absolute atomic E-state index is 11.9. The fourth-order valence-corrected chi connectivity index (χ4v) is 1.52. The Hall–Kier alpha value is -1.51. The molecule has 1 aromatic rings. The lowest BCUT2D eigenvalue weighted by Crippen LogP contribution is -2.39. The van der Waals surface area contributed by atoms with Crippen LogP contribution < -0.4 is 10.1 Å². The molecule has 0 heterocycles. The largest absolute Gasteiger partial charge is 0.481 e. The lowest BCUT2D eigenvalue weighted by molar-refractivity contribution is -0.128. The third-order valence-corrected chi connectivity index (χ3v) is 2.65. The Morgan fingerprint density at radius 1 is 1.28 bits per heavy atom. The van der Waals surface area contributed by atoms with E-state index in [4.69, 9.17) is 4.74 Å². The van der Waals surface area contributed by atoms with Crippen LogP contribution in [-0.2, 0) is 4.79 Å². The van der Waals surface area contributed by atoms with E-state index >= 15 is 0 Å². The lowest BCUT2D eigenvalue weighted by atomic mass is 10.2. The van der Waals surface area contributed by atoms with E-state index in [1.165, 1.54) is 5.56 Å². The molecule has 1 N–H and O–H groups in total. The van der Waals surface area contributed by atoms with Crippen molar-refractivity contribution in [3.05, 3.63) is 29.8 Å². The van der Waals surface area contributed by atoms with Crippen molar-refractivity contribution in [2.24, 2.45) is 5.92 Å². The van der Waals surface area contributed by atoms with Crippen molar-refractivity contribution in [2.75, 3.05) is 6.54 Å². The SMILES string of the molecule is CC[C@@H](Oc1ccc(C)cc1)C(=O)NCC(C)C. The average molecular weight is 249 g/mol. The van der Waals surface area contributed by atoms with Crippen LogP contribution in [0.25, 0.3) is 0 Å². The molecule has 0 radical (unpaired) electrons. The van der Waals surface area contributed by atoms with Gasteiger partial charge in [0.25, 0.3) is 5.91 Å². The maximum Gasteiger partial charge on any atom is 0.261 e. The topological polar surface area (TPSA) is 38.3 Å². The first kappa shape index (κ1) is 14.6. The number of hydrogen-bond donors (Lipinski definition) is 1. The minimum absolute atomic E-state index is 0.0354. The highest BCUT2D eigenvalue weighted by Gasteiger charge is 2.17. The fraction of sp³-hybridized carbons (Fsp3) is 0.533. The quantitative estimate of drug-likeness (QED) is 0.841. The number of nitrogens with one attached hydrogen (secondary N) is 1. The zero-order chi connectivity index (χ0) is 13.5. The van der Waals surface area contributed by atoms with Crippen molar-refractivity contribution in [1.29, 1.82) is 0 Å². The second-order valence-corrected chi connectivity index (χ2v) is 4.97. The summed E-state index contributed by atoms with van der Waals surface area (Å²) in [5, 5.41) is 2.90. The number of carbonyl (C=O) groups excluding carboxylic acids is 1. The first-order valence-electron chi connectivity index (χ1n) is 6.54. The molecule has 1 aromatic carbocycles. The van der Waals surface area contributed by atoms with Gasteiger partial charge in [0.1, 0.15) is 5.75 Å². The van der Waals surface area contributed by atoms with Crippen molar-refractivity contribution in [3.63, 3.8) is 0 Å². The van der Waals surface area contributed by atoms with Gasteiger partial charge >= 0.3 is 0 Å². The predicted octanol–water partition coefficient (Wildman–Crippen LogP) is 2.92. The van der Waals surface area contributed by atoms with Gasteiger partial charge in [-0.2, -0.15) is 0 Å². The number of aryl methyl sites for hydroxylation is 1. The molecule has 0 unspecified atom stereocenters. The van der Waals surface area contributed by atoms with Gasteiger partial charge in [-0.05, 0) is 31.4 Å². The molecule has 0 spiro atoms. The van der Waals surface area contributed by atoms with Crippen molar-refractivity contribution >= 4 is 5.91 Å². The normalized spacial score (nSPS) is 12.3. The third-order valence-electron chi connectivity index (χ3n) is 2.65. The Labute approximate surface area is 110 Å². The zero-order valence-electron chi connectivity index (χ0n) is 11.7. The van der Waals surface area contributed by atoms with Crippen molar-refractivity contribution < 1.29 is 9.53 Å². The molecule has 0 aliphatic carbocycles. The van der Waals surface area contributed by atoms with Gasteiger partial charge in [0, 0.05) is 6.54 Å². The van der Waals surface area contributed by atoms with Crippen LogP contribution in [0.1, 0.15) is 32.8 Å². The number of amides is 1. The molecule has 0 fully saturated rings.